The Morgan fingerprint density at radius 2 is 1.94 bits per heavy atom. The van der Waals surface area contributed by atoms with Crippen LogP contribution in [0.3, 0.4) is 0 Å². The molecule has 2 atom stereocenters. The Hall–Kier alpha value is -4.00. The van der Waals surface area contributed by atoms with Crippen molar-refractivity contribution in [1.82, 2.24) is 14.5 Å². The van der Waals surface area contributed by atoms with E-state index in [4.69, 9.17) is 26.1 Å². The van der Waals surface area contributed by atoms with Crippen molar-refractivity contribution in [3.63, 3.8) is 0 Å². The molecular formula is C36H45ClFN5O5Si. The molecule has 0 radical (unpaired) electrons. The number of fused-ring (bicyclic) bond motifs is 4. The lowest BCUT2D eigenvalue weighted by molar-refractivity contribution is -0.129. The van der Waals surface area contributed by atoms with E-state index < -0.39 is 26.0 Å². The fourth-order valence-electron chi connectivity index (χ4n) is 6.22. The monoisotopic (exact) mass is 709 g/mol. The van der Waals surface area contributed by atoms with Crippen LogP contribution in [0.25, 0.3) is 16.8 Å². The van der Waals surface area contributed by atoms with Gasteiger partial charge in [-0.15, -0.1) is 0 Å². The first-order valence-corrected chi connectivity index (χ1v) is 20.8. The molecule has 0 spiro atoms. The van der Waals surface area contributed by atoms with Crippen LogP contribution in [0, 0.1) is 18.7 Å². The summed E-state index contributed by atoms with van der Waals surface area (Å²) in [4.78, 5) is 46.3. The number of ether oxygens (including phenoxy) is 2. The standard InChI is InChI=1S/C36H45ClFN5O5Si/c1-22-9-7-12-30(42-16-15-24(19-31(42)44)26-10-8-11-28(37)32(26)38)34-41-33(23(2)43(34)21-48-17-18-49(4,5)6)27-14-13-25(39-36(46)47-3)20-29(27)40-35(22)45/h8,10-11,13-14,19-20,22,30H,7,9,12,15-18,21H2,1-6H3,(H,39,46)(H,40,45)/t22-,30+/m1/s1. The van der Waals surface area contributed by atoms with Gasteiger partial charge in [-0.05, 0) is 62.1 Å². The van der Waals surface area contributed by atoms with Crippen LogP contribution in [0.1, 0.15) is 55.7 Å². The summed E-state index contributed by atoms with van der Waals surface area (Å²) in [7, 11) is -0.0663. The summed E-state index contributed by atoms with van der Waals surface area (Å²) in [5.74, 6) is -0.580. The topological polar surface area (TPSA) is 115 Å². The van der Waals surface area contributed by atoms with Crippen molar-refractivity contribution in [2.75, 3.05) is 30.9 Å². The minimum atomic E-state index is -1.35. The van der Waals surface area contributed by atoms with E-state index in [1.807, 2.05) is 24.5 Å². The van der Waals surface area contributed by atoms with E-state index in [0.717, 1.165) is 11.7 Å². The maximum absolute atomic E-state index is 15.0. The van der Waals surface area contributed by atoms with Crippen molar-refractivity contribution in [1.29, 1.82) is 0 Å². The van der Waals surface area contributed by atoms with Crippen LogP contribution in [0.5, 0.6) is 0 Å². The number of aromatic nitrogens is 2. The molecule has 1 aromatic heterocycles. The zero-order valence-electron chi connectivity index (χ0n) is 29.0. The maximum Gasteiger partial charge on any atom is 0.411 e. The first-order valence-electron chi connectivity index (χ1n) is 16.7. The third-order valence-electron chi connectivity index (χ3n) is 9.17. The molecule has 2 bridgehead atoms. The number of imidazole rings is 1. The van der Waals surface area contributed by atoms with Gasteiger partial charge in [0.1, 0.15) is 18.4 Å². The number of halogens is 2. The summed E-state index contributed by atoms with van der Waals surface area (Å²) in [5.41, 5.74) is 3.97. The van der Waals surface area contributed by atoms with E-state index in [2.05, 4.69) is 30.3 Å². The Balaban J connectivity index is 1.60. The van der Waals surface area contributed by atoms with Crippen molar-refractivity contribution < 1.29 is 28.2 Å². The predicted molar refractivity (Wildman–Crippen MR) is 193 cm³/mol. The first kappa shape index (κ1) is 36.3. The highest BCUT2D eigenvalue weighted by Gasteiger charge is 2.34. The van der Waals surface area contributed by atoms with Gasteiger partial charge in [-0.2, -0.15) is 0 Å². The van der Waals surface area contributed by atoms with Crippen molar-refractivity contribution in [2.24, 2.45) is 5.92 Å². The van der Waals surface area contributed by atoms with Gasteiger partial charge in [-0.25, -0.2) is 14.2 Å². The second-order valence-electron chi connectivity index (χ2n) is 13.9. The van der Waals surface area contributed by atoms with Gasteiger partial charge in [-0.1, -0.05) is 56.7 Å². The Labute approximate surface area is 293 Å². The summed E-state index contributed by atoms with van der Waals surface area (Å²) >= 11 is 6.07. The number of methoxy groups -OCH3 is 1. The Kier molecular flexibility index (Phi) is 11.3. The summed E-state index contributed by atoms with van der Waals surface area (Å²) in [6, 6.07) is 10.6. The molecule has 262 valence electrons. The molecule has 0 fully saturated rings. The predicted octanol–water partition coefficient (Wildman–Crippen LogP) is 8.26. The summed E-state index contributed by atoms with van der Waals surface area (Å²) in [6.07, 6.45) is 3.11. The average molecular weight is 710 g/mol. The van der Waals surface area contributed by atoms with E-state index in [-0.39, 0.29) is 29.5 Å². The molecule has 3 heterocycles. The minimum absolute atomic E-state index is 0.0124. The number of hydrogen-bond acceptors (Lipinski definition) is 6. The molecular weight excluding hydrogens is 665 g/mol. The second kappa shape index (κ2) is 15.3. The number of nitrogens with zero attached hydrogens (tertiary/aromatic N) is 3. The molecule has 0 unspecified atom stereocenters. The third kappa shape index (κ3) is 8.42. The summed E-state index contributed by atoms with van der Waals surface area (Å²) in [6.45, 7) is 11.9. The van der Waals surface area contributed by atoms with E-state index in [9.17, 15) is 18.8 Å². The van der Waals surface area contributed by atoms with Gasteiger partial charge in [0.05, 0.1) is 29.6 Å². The van der Waals surface area contributed by atoms with Crippen molar-refractivity contribution >= 4 is 54.5 Å². The lowest BCUT2D eigenvalue weighted by Crippen LogP contribution is -2.39. The summed E-state index contributed by atoms with van der Waals surface area (Å²) in [5, 5.41) is 5.75. The number of amides is 3. The molecule has 0 saturated heterocycles. The number of benzene rings is 2. The Bertz CT molecular complexity index is 1770. The van der Waals surface area contributed by atoms with Crippen LogP contribution >= 0.6 is 11.6 Å². The van der Waals surface area contributed by atoms with Crippen LogP contribution in [-0.4, -0.2) is 60.7 Å². The average Bonchev–Trinajstić information content (AvgIpc) is 3.37. The van der Waals surface area contributed by atoms with Crippen LogP contribution in [0.2, 0.25) is 30.7 Å². The van der Waals surface area contributed by atoms with E-state index in [1.165, 1.54) is 19.3 Å². The lowest BCUT2D eigenvalue weighted by atomic mass is 9.95. The molecule has 2 aromatic carbocycles. The van der Waals surface area contributed by atoms with Gasteiger partial charge in [0.15, 0.2) is 0 Å². The molecule has 3 aromatic rings. The molecule has 13 heteroatoms. The van der Waals surface area contributed by atoms with Gasteiger partial charge in [0.25, 0.3) is 0 Å². The van der Waals surface area contributed by atoms with Crippen molar-refractivity contribution in [2.45, 2.75) is 78.0 Å². The van der Waals surface area contributed by atoms with Crippen molar-refractivity contribution in [3.8, 4) is 11.3 Å². The highest BCUT2D eigenvalue weighted by Crippen LogP contribution is 2.39. The number of rotatable bonds is 8. The largest absolute Gasteiger partial charge is 0.453 e. The fraction of sp³-hybridized carbons (Fsp3) is 0.444. The number of hydrogen-bond donors (Lipinski definition) is 2. The molecule has 2 aliphatic heterocycles. The highest BCUT2D eigenvalue weighted by atomic mass is 35.5. The molecule has 3 amide bonds. The first-order chi connectivity index (χ1) is 23.3. The third-order valence-corrected chi connectivity index (χ3v) is 11.2. The van der Waals surface area contributed by atoms with Crippen molar-refractivity contribution in [3.05, 3.63) is 70.4 Å². The smallest absolute Gasteiger partial charge is 0.411 e. The molecule has 0 aliphatic carbocycles. The van der Waals surface area contributed by atoms with E-state index in [0.29, 0.717) is 78.4 Å². The van der Waals surface area contributed by atoms with Gasteiger partial charge in [0, 0.05) is 55.7 Å². The number of nitrogens with one attached hydrogen (secondary N) is 2. The fourth-order valence-corrected chi connectivity index (χ4v) is 7.15. The molecule has 49 heavy (non-hydrogen) atoms. The van der Waals surface area contributed by atoms with E-state index in [1.54, 1.807) is 29.2 Å². The Morgan fingerprint density at radius 3 is 2.65 bits per heavy atom. The summed E-state index contributed by atoms with van der Waals surface area (Å²) < 4.78 is 28.0. The molecule has 10 nitrogen and oxygen atoms in total. The minimum Gasteiger partial charge on any atom is -0.453 e. The van der Waals surface area contributed by atoms with Crippen LogP contribution < -0.4 is 10.6 Å². The van der Waals surface area contributed by atoms with Crippen LogP contribution in [0.4, 0.5) is 20.6 Å². The SMILES string of the molecule is COC(=O)Nc1ccc2c(c1)NC(=O)[C@H](C)CCC[C@H](N1CCC(c3cccc(Cl)c3F)=CC1=O)c1nc-2c(C)n1COCC[Si](C)(C)C. The van der Waals surface area contributed by atoms with Gasteiger partial charge in [0.2, 0.25) is 11.8 Å². The number of carbonyl (C=O) groups excluding carboxylic acids is 3. The second-order valence-corrected chi connectivity index (χ2v) is 20.0. The lowest BCUT2D eigenvalue weighted by Gasteiger charge is -2.34. The molecule has 5 rings (SSSR count). The zero-order chi connectivity index (χ0) is 35.5. The number of anilines is 2. The quantitative estimate of drug-likeness (QED) is 0.180. The van der Waals surface area contributed by atoms with Gasteiger partial charge in [-0.3, -0.25) is 14.9 Å². The molecule has 0 saturated carbocycles. The number of carbonyl (C=O) groups is 3. The van der Waals surface area contributed by atoms with Crippen LogP contribution in [-0.2, 0) is 25.8 Å². The van der Waals surface area contributed by atoms with Crippen LogP contribution in [0.15, 0.2) is 42.5 Å². The van der Waals surface area contributed by atoms with Gasteiger partial charge < -0.3 is 24.3 Å². The Morgan fingerprint density at radius 1 is 1.16 bits per heavy atom. The molecule has 2 N–H and O–H groups in total. The molecule has 2 aliphatic rings. The maximum atomic E-state index is 15.0. The normalized spacial score (nSPS) is 18.5. The van der Waals surface area contributed by atoms with Gasteiger partial charge >= 0.3 is 6.09 Å². The zero-order valence-corrected chi connectivity index (χ0v) is 30.7. The van der Waals surface area contributed by atoms with E-state index >= 15 is 0 Å². The highest BCUT2D eigenvalue weighted by molar-refractivity contribution is 6.76.